The van der Waals surface area contributed by atoms with Crippen LogP contribution in [-0.4, -0.2) is 110 Å². The monoisotopic (exact) mass is 864 g/mol. The van der Waals surface area contributed by atoms with Gasteiger partial charge in [0.15, 0.2) is 0 Å². The number of amides is 2. The van der Waals surface area contributed by atoms with Gasteiger partial charge in [0, 0.05) is 71.1 Å². The number of carbonyl (C=O) groups excluding carboxylic acids is 4. The van der Waals surface area contributed by atoms with Crippen molar-refractivity contribution in [2.75, 3.05) is 53.6 Å². The second-order valence-corrected chi connectivity index (χ2v) is 16.8. The normalized spacial score (nSPS) is 12.8. The molecule has 0 fully saturated rings. The number of carbonyl (C=O) groups is 4. The molecule has 61 heavy (non-hydrogen) atoms. The van der Waals surface area contributed by atoms with Gasteiger partial charge in [-0.25, -0.2) is 4.98 Å². The number of esters is 2. The summed E-state index contributed by atoms with van der Waals surface area (Å²) in [4.78, 5) is 59.2. The third kappa shape index (κ3) is 32.3. The van der Waals surface area contributed by atoms with Crippen molar-refractivity contribution in [3.05, 3.63) is 18.2 Å². The van der Waals surface area contributed by atoms with E-state index in [0.717, 1.165) is 44.2 Å². The van der Waals surface area contributed by atoms with Crippen LogP contribution in [0.25, 0.3) is 0 Å². The first kappa shape index (κ1) is 56.0. The van der Waals surface area contributed by atoms with Crippen molar-refractivity contribution < 1.29 is 38.1 Å². The highest BCUT2D eigenvalue weighted by Crippen LogP contribution is 2.15. The van der Waals surface area contributed by atoms with Gasteiger partial charge in [0.25, 0.3) is 0 Å². The number of aromatic amines is 1. The Kier molecular flexibility index (Phi) is 36.5. The molecule has 0 aliphatic rings. The zero-order chi connectivity index (χ0) is 44.6. The van der Waals surface area contributed by atoms with E-state index >= 15 is 0 Å². The number of ether oxygens (including phenoxy) is 4. The van der Waals surface area contributed by atoms with Crippen molar-refractivity contribution in [2.45, 2.75) is 212 Å². The minimum atomic E-state index is -0.799. The molecule has 0 spiro atoms. The number of likely N-dealkylation sites (N-methyl/N-ethyl adjacent to an activating group) is 2. The highest BCUT2D eigenvalue weighted by molar-refractivity contribution is 5.87. The van der Waals surface area contributed by atoms with Gasteiger partial charge in [0.2, 0.25) is 11.8 Å². The predicted octanol–water partition coefficient (Wildman–Crippen LogP) is 9.17. The molecule has 0 aromatic carbocycles. The van der Waals surface area contributed by atoms with E-state index in [1.807, 2.05) is 7.05 Å². The number of hydrogen-bond acceptors (Lipinski definition) is 10. The number of H-pyrrole nitrogens is 1. The molecule has 354 valence electrons. The second kappa shape index (κ2) is 39.8. The van der Waals surface area contributed by atoms with Gasteiger partial charge in [0.05, 0.1) is 38.9 Å². The smallest absolute Gasteiger partial charge is 0.305 e. The van der Waals surface area contributed by atoms with Crippen LogP contribution in [0.1, 0.15) is 193 Å². The Morgan fingerprint density at radius 3 is 1.49 bits per heavy atom. The summed E-state index contributed by atoms with van der Waals surface area (Å²) < 4.78 is 23.7. The molecule has 0 aliphatic heterocycles. The number of aromatic nitrogens is 2. The van der Waals surface area contributed by atoms with E-state index < -0.39 is 18.2 Å². The van der Waals surface area contributed by atoms with Gasteiger partial charge in [-0.05, 0) is 19.9 Å². The Morgan fingerprint density at radius 1 is 0.639 bits per heavy atom. The number of imidazole rings is 1. The maximum Gasteiger partial charge on any atom is 0.305 e. The highest BCUT2D eigenvalue weighted by atomic mass is 16.6. The van der Waals surface area contributed by atoms with Crippen molar-refractivity contribution in [2.24, 2.45) is 0 Å². The van der Waals surface area contributed by atoms with Crippen LogP contribution in [0.5, 0.6) is 0 Å². The van der Waals surface area contributed by atoms with E-state index in [1.165, 1.54) is 116 Å². The summed E-state index contributed by atoms with van der Waals surface area (Å²) in [6.45, 7) is 7.66. The first-order valence-electron chi connectivity index (χ1n) is 24.4. The fraction of sp³-hybridized carbons (Fsp3) is 0.854. The van der Waals surface area contributed by atoms with Crippen molar-refractivity contribution in [3.63, 3.8) is 0 Å². The van der Waals surface area contributed by atoms with E-state index in [-0.39, 0.29) is 49.9 Å². The Hall–Kier alpha value is -3.03. The zero-order valence-corrected chi connectivity index (χ0v) is 39.4. The lowest BCUT2D eigenvalue weighted by Crippen LogP contribution is -2.52. The third-order valence-corrected chi connectivity index (χ3v) is 11.0. The molecule has 3 unspecified atom stereocenters. The number of unbranched alkanes of at least 4 members (excludes halogenated alkanes) is 20. The molecule has 1 aromatic heterocycles. The van der Waals surface area contributed by atoms with Crippen molar-refractivity contribution in [1.82, 2.24) is 25.5 Å². The predicted molar refractivity (Wildman–Crippen MR) is 244 cm³/mol. The average molecular weight is 864 g/mol. The summed E-state index contributed by atoms with van der Waals surface area (Å²) in [5.74, 6) is -0.946. The summed E-state index contributed by atoms with van der Waals surface area (Å²) in [5.41, 5.74) is 0.724. The lowest BCUT2D eigenvalue weighted by Gasteiger charge is -2.32. The Labute approximate surface area is 370 Å². The van der Waals surface area contributed by atoms with Gasteiger partial charge in [0.1, 0.15) is 12.1 Å². The molecule has 1 aromatic rings. The fourth-order valence-corrected chi connectivity index (χ4v) is 7.43. The number of hydrogen-bond donors (Lipinski definition) is 3. The SMILES string of the molecule is CCCCCCCCCCCCCC(=O)OCCCOC(CNC)C(CN(C)C(=O)C(Cc1cnc[nH]1)NC(C)=O)OCCCOC(=O)CCCCCCCCCCCCC. The Balaban J connectivity index is 2.58. The fourth-order valence-electron chi connectivity index (χ4n) is 7.43. The topological polar surface area (TPSA) is 161 Å². The van der Waals surface area contributed by atoms with Gasteiger partial charge in [-0.15, -0.1) is 0 Å². The zero-order valence-electron chi connectivity index (χ0n) is 39.4. The molecule has 0 bridgehead atoms. The molecule has 1 heterocycles. The molecule has 0 aliphatic carbocycles. The minimum Gasteiger partial charge on any atom is -0.466 e. The van der Waals surface area contributed by atoms with Crippen LogP contribution in [-0.2, 0) is 44.5 Å². The molecule has 0 saturated heterocycles. The van der Waals surface area contributed by atoms with Gasteiger partial charge in [-0.2, -0.15) is 0 Å². The summed E-state index contributed by atoms with van der Waals surface area (Å²) in [6, 6.07) is -0.799. The van der Waals surface area contributed by atoms with E-state index in [2.05, 4.69) is 34.4 Å². The molecule has 2 amide bonds. The largest absolute Gasteiger partial charge is 0.466 e. The van der Waals surface area contributed by atoms with E-state index in [4.69, 9.17) is 18.9 Å². The van der Waals surface area contributed by atoms with Crippen LogP contribution in [0.4, 0.5) is 0 Å². The maximum absolute atomic E-state index is 13.7. The maximum atomic E-state index is 13.7. The standard InChI is InChI=1S/C48H89N5O8/c1-6-8-10-12-14-16-18-20-22-24-26-30-46(55)60-34-28-32-58-44(38-49-4)45(39-53(5)48(57)43(52-41(3)54)36-42-37-50-40-51-42)59-33-29-35-61-47(56)31-27-25-23-21-19-17-15-13-11-9-7-2/h37,40,43-45,49H,6-36,38-39H2,1-5H3,(H,50,51)(H,52,54). The van der Waals surface area contributed by atoms with Crippen molar-refractivity contribution in [1.29, 1.82) is 0 Å². The molecule has 0 radical (unpaired) electrons. The van der Waals surface area contributed by atoms with Gasteiger partial charge >= 0.3 is 11.9 Å². The summed E-state index contributed by atoms with van der Waals surface area (Å²) in [6.07, 6.45) is 31.4. The Morgan fingerprint density at radius 2 is 1.08 bits per heavy atom. The summed E-state index contributed by atoms with van der Waals surface area (Å²) in [7, 11) is 3.51. The third-order valence-electron chi connectivity index (χ3n) is 11.0. The first-order chi connectivity index (χ1) is 29.7. The lowest BCUT2D eigenvalue weighted by molar-refractivity contribution is -0.146. The quantitative estimate of drug-likeness (QED) is 0.0427. The molecule has 13 nitrogen and oxygen atoms in total. The van der Waals surface area contributed by atoms with E-state index in [9.17, 15) is 19.2 Å². The number of nitrogens with zero attached hydrogens (tertiary/aromatic N) is 2. The van der Waals surface area contributed by atoms with Crippen molar-refractivity contribution >= 4 is 23.8 Å². The number of rotatable bonds is 43. The highest BCUT2D eigenvalue weighted by Gasteiger charge is 2.30. The first-order valence-corrected chi connectivity index (χ1v) is 24.4. The second-order valence-electron chi connectivity index (χ2n) is 16.8. The average Bonchev–Trinajstić information content (AvgIpc) is 3.76. The van der Waals surface area contributed by atoms with E-state index in [1.54, 1.807) is 18.1 Å². The van der Waals surface area contributed by atoms with Gasteiger partial charge in [-0.1, -0.05) is 142 Å². The summed E-state index contributed by atoms with van der Waals surface area (Å²) >= 11 is 0. The summed E-state index contributed by atoms with van der Waals surface area (Å²) in [5, 5.41) is 5.95. The van der Waals surface area contributed by atoms with Crippen LogP contribution in [0, 0.1) is 0 Å². The van der Waals surface area contributed by atoms with Crippen LogP contribution >= 0.6 is 0 Å². The van der Waals surface area contributed by atoms with Gasteiger partial charge < -0.3 is 39.5 Å². The minimum absolute atomic E-state index is 0.174. The van der Waals surface area contributed by atoms with Crippen LogP contribution < -0.4 is 10.6 Å². The lowest BCUT2D eigenvalue weighted by atomic mass is 10.1. The van der Waals surface area contributed by atoms with Crippen molar-refractivity contribution in [3.8, 4) is 0 Å². The number of nitrogens with one attached hydrogen (secondary N) is 3. The van der Waals surface area contributed by atoms with Gasteiger partial charge in [-0.3, -0.25) is 19.2 Å². The van der Waals surface area contributed by atoms with Crippen LogP contribution in [0.2, 0.25) is 0 Å². The van der Waals surface area contributed by atoms with Crippen LogP contribution in [0.15, 0.2) is 12.5 Å². The molecular weight excluding hydrogens is 775 g/mol. The molecule has 3 N–H and O–H groups in total. The van der Waals surface area contributed by atoms with E-state index in [0.29, 0.717) is 45.4 Å². The molecule has 3 atom stereocenters. The molecule has 13 heteroatoms. The molecular formula is C48H89N5O8. The molecule has 1 rings (SSSR count). The molecule has 0 saturated carbocycles. The van der Waals surface area contributed by atoms with Crippen LogP contribution in [0.3, 0.4) is 0 Å². The Bertz CT molecular complexity index is 1200.